The van der Waals surface area contributed by atoms with Crippen LogP contribution in [0.2, 0.25) is 0 Å². The Kier molecular flexibility index (Phi) is 4.43. The molecule has 0 aromatic heterocycles. The van der Waals surface area contributed by atoms with Gasteiger partial charge in [-0.15, -0.1) is 11.8 Å². The Morgan fingerprint density at radius 1 is 1.16 bits per heavy atom. The van der Waals surface area contributed by atoms with E-state index < -0.39 is 6.43 Å². The van der Waals surface area contributed by atoms with E-state index in [9.17, 15) is 8.78 Å². The van der Waals surface area contributed by atoms with Crippen molar-refractivity contribution in [3.05, 3.63) is 59.2 Å². The summed E-state index contributed by atoms with van der Waals surface area (Å²) < 4.78 is 25.9. The van der Waals surface area contributed by atoms with Gasteiger partial charge >= 0.3 is 0 Å². The van der Waals surface area contributed by atoms with Gasteiger partial charge in [0.05, 0.1) is 0 Å². The number of rotatable bonds is 4. The van der Waals surface area contributed by atoms with Gasteiger partial charge in [0.25, 0.3) is 6.43 Å². The van der Waals surface area contributed by atoms with Crippen molar-refractivity contribution in [2.75, 3.05) is 5.73 Å². The number of aryl methyl sites for hydroxylation is 1. The lowest BCUT2D eigenvalue weighted by Crippen LogP contribution is -1.93. The standard InChI is InChI=1S/C15H15F2NS/c1-10-4-2-3-5-11(10)9-19-14-7-6-12(18)8-13(14)15(16)17/h2-8,15H,9,18H2,1H3. The molecule has 2 N–H and O–H groups in total. The number of anilines is 1. The predicted molar refractivity (Wildman–Crippen MR) is 76.6 cm³/mol. The molecule has 2 aromatic rings. The van der Waals surface area contributed by atoms with E-state index in [0.29, 0.717) is 16.3 Å². The van der Waals surface area contributed by atoms with E-state index in [4.69, 9.17) is 5.73 Å². The molecule has 0 amide bonds. The van der Waals surface area contributed by atoms with E-state index in [1.807, 2.05) is 31.2 Å². The first kappa shape index (κ1) is 13.9. The van der Waals surface area contributed by atoms with Crippen molar-refractivity contribution in [1.82, 2.24) is 0 Å². The van der Waals surface area contributed by atoms with E-state index in [-0.39, 0.29) is 5.56 Å². The Morgan fingerprint density at radius 3 is 2.58 bits per heavy atom. The second kappa shape index (κ2) is 6.06. The van der Waals surface area contributed by atoms with E-state index >= 15 is 0 Å². The molecule has 0 saturated heterocycles. The lowest BCUT2D eigenvalue weighted by atomic mass is 10.1. The minimum atomic E-state index is -2.50. The third-order valence-electron chi connectivity index (χ3n) is 2.91. The van der Waals surface area contributed by atoms with Gasteiger partial charge in [0, 0.05) is 21.9 Å². The summed E-state index contributed by atoms with van der Waals surface area (Å²) in [5.41, 5.74) is 8.26. The fourth-order valence-corrected chi connectivity index (χ4v) is 2.91. The molecule has 0 heterocycles. The third-order valence-corrected chi connectivity index (χ3v) is 4.05. The molecule has 0 spiro atoms. The lowest BCUT2D eigenvalue weighted by Gasteiger charge is -2.10. The number of halogens is 2. The lowest BCUT2D eigenvalue weighted by molar-refractivity contribution is 0.148. The summed E-state index contributed by atoms with van der Waals surface area (Å²) in [6.45, 7) is 2.02. The highest BCUT2D eigenvalue weighted by atomic mass is 32.2. The van der Waals surface area contributed by atoms with Crippen LogP contribution in [0.5, 0.6) is 0 Å². The second-order valence-corrected chi connectivity index (χ2v) is 5.33. The summed E-state index contributed by atoms with van der Waals surface area (Å²) in [5.74, 6) is 0.677. The summed E-state index contributed by atoms with van der Waals surface area (Å²) in [6.07, 6.45) is -2.50. The second-order valence-electron chi connectivity index (χ2n) is 4.31. The van der Waals surface area contributed by atoms with Crippen molar-refractivity contribution in [2.24, 2.45) is 0 Å². The quantitative estimate of drug-likeness (QED) is 0.642. The van der Waals surface area contributed by atoms with Crippen molar-refractivity contribution >= 4 is 17.4 Å². The van der Waals surface area contributed by atoms with Crippen LogP contribution in [0.1, 0.15) is 23.1 Å². The number of thioether (sulfide) groups is 1. The molecule has 0 bridgehead atoms. The number of benzene rings is 2. The van der Waals surface area contributed by atoms with Gasteiger partial charge < -0.3 is 5.73 Å². The summed E-state index contributed by atoms with van der Waals surface area (Å²) in [4.78, 5) is 0.590. The summed E-state index contributed by atoms with van der Waals surface area (Å²) in [6, 6.07) is 12.6. The van der Waals surface area contributed by atoms with Crippen LogP contribution in [0.25, 0.3) is 0 Å². The Bertz CT molecular complexity index is 570. The molecule has 0 aliphatic carbocycles. The highest BCUT2D eigenvalue weighted by Gasteiger charge is 2.14. The maximum Gasteiger partial charge on any atom is 0.265 e. The van der Waals surface area contributed by atoms with Crippen LogP contribution in [-0.2, 0) is 5.75 Å². The summed E-state index contributed by atoms with van der Waals surface area (Å²) >= 11 is 1.42. The van der Waals surface area contributed by atoms with E-state index in [0.717, 1.165) is 5.56 Å². The number of hydrogen-bond acceptors (Lipinski definition) is 2. The maximum absolute atomic E-state index is 12.9. The van der Waals surface area contributed by atoms with Crippen molar-refractivity contribution in [2.45, 2.75) is 24.0 Å². The third kappa shape index (κ3) is 3.47. The smallest absolute Gasteiger partial charge is 0.265 e. The average Bonchev–Trinajstić information content (AvgIpc) is 2.38. The molecule has 1 nitrogen and oxygen atoms in total. The summed E-state index contributed by atoms with van der Waals surface area (Å²) in [7, 11) is 0. The van der Waals surface area contributed by atoms with Crippen LogP contribution in [0.4, 0.5) is 14.5 Å². The fraction of sp³-hybridized carbons (Fsp3) is 0.200. The van der Waals surface area contributed by atoms with E-state index in [2.05, 4.69) is 0 Å². The van der Waals surface area contributed by atoms with Gasteiger partial charge in [-0.3, -0.25) is 0 Å². The predicted octanol–water partition coefficient (Wildman–Crippen LogP) is 4.81. The minimum Gasteiger partial charge on any atom is -0.399 e. The first-order valence-electron chi connectivity index (χ1n) is 5.93. The molecule has 0 atom stereocenters. The molecular weight excluding hydrogens is 264 g/mol. The molecule has 0 aliphatic heterocycles. The monoisotopic (exact) mass is 279 g/mol. The highest BCUT2D eigenvalue weighted by Crippen LogP contribution is 2.34. The Labute approximate surface area is 115 Å². The summed E-state index contributed by atoms with van der Waals surface area (Å²) in [5, 5.41) is 0. The van der Waals surface area contributed by atoms with Crippen LogP contribution in [0.15, 0.2) is 47.4 Å². The normalized spacial score (nSPS) is 10.9. The molecule has 0 aliphatic rings. The van der Waals surface area contributed by atoms with Gasteiger partial charge in [-0.05, 0) is 36.2 Å². The molecule has 4 heteroatoms. The zero-order chi connectivity index (χ0) is 13.8. The molecule has 19 heavy (non-hydrogen) atoms. The van der Waals surface area contributed by atoms with E-state index in [1.165, 1.54) is 23.4 Å². The topological polar surface area (TPSA) is 26.0 Å². The molecule has 0 saturated carbocycles. The largest absolute Gasteiger partial charge is 0.399 e. The number of nitrogens with two attached hydrogens (primary N) is 1. The Hall–Kier alpha value is -1.55. The van der Waals surface area contributed by atoms with Crippen LogP contribution in [0.3, 0.4) is 0 Å². The first-order valence-corrected chi connectivity index (χ1v) is 6.91. The van der Waals surface area contributed by atoms with Crippen molar-refractivity contribution in [3.8, 4) is 0 Å². The molecule has 0 fully saturated rings. The molecule has 0 unspecified atom stereocenters. The van der Waals surface area contributed by atoms with Crippen molar-refractivity contribution in [1.29, 1.82) is 0 Å². The molecule has 2 aromatic carbocycles. The average molecular weight is 279 g/mol. The van der Waals surface area contributed by atoms with Crippen LogP contribution >= 0.6 is 11.8 Å². The van der Waals surface area contributed by atoms with Crippen LogP contribution < -0.4 is 5.73 Å². The first-order chi connectivity index (χ1) is 9.08. The zero-order valence-electron chi connectivity index (χ0n) is 10.6. The van der Waals surface area contributed by atoms with Crippen molar-refractivity contribution < 1.29 is 8.78 Å². The van der Waals surface area contributed by atoms with Crippen molar-refractivity contribution in [3.63, 3.8) is 0 Å². The number of hydrogen-bond donors (Lipinski definition) is 1. The van der Waals surface area contributed by atoms with Gasteiger partial charge in [-0.25, -0.2) is 8.78 Å². The van der Waals surface area contributed by atoms with E-state index in [1.54, 1.807) is 12.1 Å². The fourth-order valence-electron chi connectivity index (χ4n) is 1.80. The van der Waals surface area contributed by atoms with Gasteiger partial charge in [-0.1, -0.05) is 24.3 Å². The molecular formula is C15H15F2NS. The number of alkyl halides is 2. The Morgan fingerprint density at radius 2 is 1.89 bits per heavy atom. The highest BCUT2D eigenvalue weighted by molar-refractivity contribution is 7.98. The molecule has 0 radical (unpaired) electrons. The van der Waals surface area contributed by atoms with Gasteiger partial charge in [0.15, 0.2) is 0 Å². The minimum absolute atomic E-state index is 0.0126. The van der Waals surface area contributed by atoms with Crippen LogP contribution in [-0.4, -0.2) is 0 Å². The number of nitrogen functional groups attached to an aromatic ring is 1. The van der Waals surface area contributed by atoms with Gasteiger partial charge in [0.1, 0.15) is 0 Å². The molecule has 2 rings (SSSR count). The zero-order valence-corrected chi connectivity index (χ0v) is 11.4. The van der Waals surface area contributed by atoms with Gasteiger partial charge in [-0.2, -0.15) is 0 Å². The Balaban J connectivity index is 2.18. The maximum atomic E-state index is 12.9. The van der Waals surface area contributed by atoms with Crippen LogP contribution in [0, 0.1) is 6.92 Å². The molecule has 100 valence electrons. The van der Waals surface area contributed by atoms with Gasteiger partial charge in [0.2, 0.25) is 0 Å². The SMILES string of the molecule is Cc1ccccc1CSc1ccc(N)cc1C(F)F.